The molecule has 0 radical (unpaired) electrons. The highest BCUT2D eigenvalue weighted by molar-refractivity contribution is 9.09. The Hall–Kier alpha value is -1.10. The molecule has 0 bridgehead atoms. The molecule has 2 fully saturated rings. The molecule has 4 atom stereocenters. The van der Waals surface area contributed by atoms with E-state index in [1.54, 1.807) is 0 Å². The van der Waals surface area contributed by atoms with Crippen LogP contribution in [0.5, 0.6) is 0 Å². The van der Waals surface area contributed by atoms with Crippen molar-refractivity contribution in [3.63, 3.8) is 0 Å². The van der Waals surface area contributed by atoms with Crippen LogP contribution in [0.2, 0.25) is 0 Å². The van der Waals surface area contributed by atoms with Gasteiger partial charge >= 0.3 is 11.9 Å². The van der Waals surface area contributed by atoms with Crippen molar-refractivity contribution < 1.29 is 19.1 Å². The summed E-state index contributed by atoms with van der Waals surface area (Å²) in [6.07, 6.45) is 3.25. The van der Waals surface area contributed by atoms with Gasteiger partial charge in [0.1, 0.15) is 17.0 Å². The molecular weight excluding hydrogens is 348 g/mol. The molecule has 0 spiro atoms. The summed E-state index contributed by atoms with van der Waals surface area (Å²) in [5.41, 5.74) is 2.61. The zero-order valence-electron chi connectivity index (χ0n) is 13.0. The van der Waals surface area contributed by atoms with Crippen LogP contribution in [0.25, 0.3) is 0 Å². The number of fused-ring (bicyclic) bond motifs is 3. The van der Waals surface area contributed by atoms with E-state index in [1.807, 2.05) is 6.92 Å². The first-order chi connectivity index (χ1) is 10.4. The molecule has 0 amide bonds. The van der Waals surface area contributed by atoms with Crippen LogP contribution >= 0.6 is 15.9 Å². The van der Waals surface area contributed by atoms with E-state index in [9.17, 15) is 9.59 Å². The second-order valence-corrected chi connectivity index (χ2v) is 7.30. The van der Waals surface area contributed by atoms with Gasteiger partial charge in [0, 0.05) is 11.5 Å². The average Bonchev–Trinajstić information content (AvgIpc) is 2.89. The van der Waals surface area contributed by atoms with Gasteiger partial charge in [-0.1, -0.05) is 33.7 Å². The number of ether oxygens (including phenoxy) is 2. The van der Waals surface area contributed by atoms with Crippen LogP contribution in [0.1, 0.15) is 39.5 Å². The molecule has 1 unspecified atom stereocenters. The first-order valence-corrected chi connectivity index (χ1v) is 8.85. The van der Waals surface area contributed by atoms with Crippen LogP contribution in [0.3, 0.4) is 0 Å². The van der Waals surface area contributed by atoms with Gasteiger partial charge in [-0.05, 0) is 39.5 Å². The van der Waals surface area contributed by atoms with Gasteiger partial charge < -0.3 is 9.47 Å². The molecule has 0 aromatic rings. The van der Waals surface area contributed by atoms with E-state index in [4.69, 9.17) is 9.47 Å². The van der Waals surface area contributed by atoms with Crippen molar-refractivity contribution in [1.82, 2.24) is 0 Å². The van der Waals surface area contributed by atoms with E-state index in [-0.39, 0.29) is 35.2 Å². The summed E-state index contributed by atoms with van der Waals surface area (Å²) < 4.78 is 11.4. The van der Waals surface area contributed by atoms with Gasteiger partial charge in [0.25, 0.3) is 0 Å². The maximum atomic E-state index is 12.0. The smallest absolute Gasteiger partial charge is 0.334 e. The fourth-order valence-corrected chi connectivity index (χ4v) is 4.41. The van der Waals surface area contributed by atoms with Crippen molar-refractivity contribution in [1.29, 1.82) is 0 Å². The molecule has 0 aromatic carbocycles. The maximum absolute atomic E-state index is 12.0. The zero-order chi connectivity index (χ0) is 16.1. The number of halogens is 1. The maximum Gasteiger partial charge on any atom is 0.334 e. The van der Waals surface area contributed by atoms with Crippen LogP contribution in [0.15, 0.2) is 23.3 Å². The Kier molecular flexibility index (Phi) is 3.96. The van der Waals surface area contributed by atoms with Gasteiger partial charge in [-0.3, -0.25) is 4.79 Å². The number of esters is 2. The lowest BCUT2D eigenvalue weighted by Crippen LogP contribution is -2.44. The molecule has 0 aromatic heterocycles. The summed E-state index contributed by atoms with van der Waals surface area (Å²) in [6.45, 7) is 8.03. The predicted molar refractivity (Wildman–Crippen MR) is 85.5 cm³/mol. The largest absolute Gasteiger partial charge is 0.458 e. The minimum atomic E-state index is -0.612. The third kappa shape index (κ3) is 2.34. The van der Waals surface area contributed by atoms with Gasteiger partial charge in [-0.2, -0.15) is 0 Å². The topological polar surface area (TPSA) is 52.6 Å². The van der Waals surface area contributed by atoms with E-state index in [0.717, 1.165) is 25.7 Å². The number of hydrogen-bond donors (Lipinski definition) is 0. The molecule has 1 saturated carbocycles. The van der Waals surface area contributed by atoms with E-state index >= 15 is 0 Å². The van der Waals surface area contributed by atoms with Crippen LogP contribution in [0, 0.1) is 11.8 Å². The van der Waals surface area contributed by atoms with Crippen molar-refractivity contribution in [2.45, 2.75) is 51.2 Å². The van der Waals surface area contributed by atoms with E-state index in [2.05, 4.69) is 29.4 Å². The third-order valence-corrected chi connectivity index (χ3v) is 5.89. The number of carbonyl (C=O) groups excluding carboxylic acids is 2. The summed E-state index contributed by atoms with van der Waals surface area (Å²) in [7, 11) is 0. The fourth-order valence-electron chi connectivity index (χ4n) is 4.29. The van der Waals surface area contributed by atoms with Crippen LogP contribution in [0.4, 0.5) is 0 Å². The highest BCUT2D eigenvalue weighted by atomic mass is 79.9. The highest BCUT2D eigenvalue weighted by Crippen LogP contribution is 2.53. The fraction of sp³-hybridized carbons (Fsp3) is 0.647. The lowest BCUT2D eigenvalue weighted by Gasteiger charge is -2.35. The van der Waals surface area contributed by atoms with Gasteiger partial charge in [0.15, 0.2) is 0 Å². The van der Waals surface area contributed by atoms with E-state index in [1.165, 1.54) is 11.1 Å². The number of hydrogen-bond acceptors (Lipinski definition) is 4. The SMILES string of the molecule is C=C1C(=O)O[C@@H]2C3C(=C(C)CC[C@@H]12)CC[C@@]3(C)OC(=O)CBr. The minimum absolute atomic E-state index is 0.0325. The Morgan fingerprint density at radius 1 is 1.50 bits per heavy atom. The number of rotatable bonds is 2. The van der Waals surface area contributed by atoms with Gasteiger partial charge in [-0.25, -0.2) is 4.79 Å². The van der Waals surface area contributed by atoms with Crippen LogP contribution < -0.4 is 0 Å². The highest BCUT2D eigenvalue weighted by Gasteiger charge is 2.56. The zero-order valence-corrected chi connectivity index (χ0v) is 14.6. The molecule has 5 heteroatoms. The Morgan fingerprint density at radius 2 is 2.23 bits per heavy atom. The van der Waals surface area contributed by atoms with Crippen molar-refractivity contribution in [3.05, 3.63) is 23.3 Å². The summed E-state index contributed by atoms with van der Waals surface area (Å²) in [6, 6.07) is 0. The standard InChI is InChI=1S/C17H21BrO4/c1-9-4-5-12-10(2)16(20)21-15(12)14-11(9)6-7-17(14,3)22-13(19)8-18/h12,14-15H,2,4-8H2,1,3H3/t12-,14?,15-,17+/m0/s1. The summed E-state index contributed by atoms with van der Waals surface area (Å²) in [5, 5.41) is 0.175. The lowest BCUT2D eigenvalue weighted by molar-refractivity contribution is -0.164. The monoisotopic (exact) mass is 368 g/mol. The molecule has 1 heterocycles. The summed E-state index contributed by atoms with van der Waals surface area (Å²) in [4.78, 5) is 23.8. The second-order valence-electron chi connectivity index (χ2n) is 6.74. The predicted octanol–water partition coefficient (Wildman–Crippen LogP) is 3.30. The minimum Gasteiger partial charge on any atom is -0.458 e. The van der Waals surface area contributed by atoms with E-state index in [0.29, 0.717) is 5.57 Å². The molecule has 3 rings (SSSR count). The molecule has 3 aliphatic rings. The normalized spacial score (nSPS) is 37.5. The van der Waals surface area contributed by atoms with Crippen molar-refractivity contribution in [2.75, 3.05) is 5.33 Å². The Labute approximate surface area is 139 Å². The molecule has 2 aliphatic carbocycles. The third-order valence-electron chi connectivity index (χ3n) is 5.44. The molecule has 1 aliphatic heterocycles. The first kappa shape index (κ1) is 15.8. The molecule has 22 heavy (non-hydrogen) atoms. The van der Waals surface area contributed by atoms with Gasteiger partial charge in [0.05, 0.1) is 5.92 Å². The lowest BCUT2D eigenvalue weighted by atomic mass is 9.79. The van der Waals surface area contributed by atoms with Crippen molar-refractivity contribution in [2.24, 2.45) is 11.8 Å². The number of alkyl halides is 1. The molecule has 1 saturated heterocycles. The number of allylic oxidation sites excluding steroid dienone is 1. The molecule has 120 valence electrons. The molecule has 4 nitrogen and oxygen atoms in total. The van der Waals surface area contributed by atoms with E-state index < -0.39 is 5.60 Å². The van der Waals surface area contributed by atoms with Crippen LogP contribution in [-0.2, 0) is 19.1 Å². The summed E-state index contributed by atoms with van der Waals surface area (Å²) in [5.74, 6) is -0.587. The Bertz CT molecular complexity index is 579. The van der Waals surface area contributed by atoms with Crippen LogP contribution in [-0.4, -0.2) is 29.0 Å². The second kappa shape index (κ2) is 5.52. The quantitative estimate of drug-likeness (QED) is 0.324. The Balaban J connectivity index is 2.00. The average molecular weight is 369 g/mol. The molecule has 0 N–H and O–H groups in total. The molecular formula is C17H21BrO4. The van der Waals surface area contributed by atoms with Gasteiger partial charge in [-0.15, -0.1) is 0 Å². The van der Waals surface area contributed by atoms with Crippen molar-refractivity contribution in [3.8, 4) is 0 Å². The van der Waals surface area contributed by atoms with Crippen molar-refractivity contribution >= 4 is 27.9 Å². The first-order valence-electron chi connectivity index (χ1n) is 7.73. The van der Waals surface area contributed by atoms with Gasteiger partial charge in [0.2, 0.25) is 0 Å². The summed E-state index contributed by atoms with van der Waals surface area (Å²) >= 11 is 3.15. The Morgan fingerprint density at radius 3 is 2.91 bits per heavy atom. The number of carbonyl (C=O) groups is 2.